The third kappa shape index (κ3) is 4.22. The molecule has 0 bridgehead atoms. The summed E-state index contributed by atoms with van der Waals surface area (Å²) in [7, 11) is 0. The van der Waals surface area contributed by atoms with E-state index in [4.69, 9.17) is 10.9 Å². The van der Waals surface area contributed by atoms with Crippen LogP contribution >= 0.6 is 0 Å². The third-order valence-corrected chi connectivity index (χ3v) is 2.44. The monoisotopic (exact) mass is 268 g/mol. The highest BCUT2D eigenvalue weighted by Gasteiger charge is 2.11. The average molecular weight is 268 g/mol. The van der Waals surface area contributed by atoms with E-state index in [-0.39, 0.29) is 30.4 Å². The summed E-state index contributed by atoms with van der Waals surface area (Å²) in [5, 5.41) is 16.7. The van der Waals surface area contributed by atoms with Crippen molar-refractivity contribution in [2.75, 3.05) is 13.1 Å². The van der Waals surface area contributed by atoms with Crippen molar-refractivity contribution in [3.05, 3.63) is 35.1 Å². The van der Waals surface area contributed by atoms with Gasteiger partial charge in [-0.05, 0) is 13.0 Å². The Kier molecular flexibility index (Phi) is 5.74. The van der Waals surface area contributed by atoms with Gasteiger partial charge in [0.2, 0.25) is 5.91 Å². The molecule has 0 fully saturated rings. The Labute approximate surface area is 110 Å². The molecule has 0 saturated heterocycles. The van der Waals surface area contributed by atoms with Crippen LogP contribution in [0.25, 0.3) is 0 Å². The predicted molar refractivity (Wildman–Crippen MR) is 69.3 cm³/mol. The number of nitrogens with zero attached hydrogens (tertiary/aromatic N) is 1. The minimum absolute atomic E-state index is 0.0276. The lowest BCUT2D eigenvalue weighted by Gasteiger charge is -2.08. The van der Waals surface area contributed by atoms with E-state index in [0.29, 0.717) is 12.1 Å². The largest absolute Gasteiger partial charge is 0.409 e. The molecule has 0 aromatic heterocycles. The molecule has 1 aromatic carbocycles. The fourth-order valence-electron chi connectivity index (χ4n) is 1.54. The van der Waals surface area contributed by atoms with Crippen LogP contribution in [0.2, 0.25) is 0 Å². The first kappa shape index (κ1) is 14.9. The van der Waals surface area contributed by atoms with Gasteiger partial charge in [-0.25, -0.2) is 4.39 Å². The second-order valence-corrected chi connectivity index (χ2v) is 3.82. The number of amidine groups is 1. The molecule has 1 amide bonds. The van der Waals surface area contributed by atoms with Gasteiger partial charge in [-0.3, -0.25) is 4.79 Å². The maximum Gasteiger partial charge on any atom is 0.233 e. The van der Waals surface area contributed by atoms with E-state index in [0.717, 1.165) is 0 Å². The first-order valence-electron chi connectivity index (χ1n) is 5.82. The molecule has 5 N–H and O–H groups in total. The number of amides is 1. The van der Waals surface area contributed by atoms with Gasteiger partial charge in [0.1, 0.15) is 5.82 Å². The Morgan fingerprint density at radius 2 is 2.26 bits per heavy atom. The summed E-state index contributed by atoms with van der Waals surface area (Å²) in [6.07, 6.45) is 0. The summed E-state index contributed by atoms with van der Waals surface area (Å²) in [4.78, 5) is 11.2. The van der Waals surface area contributed by atoms with E-state index in [1.807, 2.05) is 6.92 Å². The molecule has 0 aliphatic heterocycles. The second kappa shape index (κ2) is 7.32. The van der Waals surface area contributed by atoms with Gasteiger partial charge in [0, 0.05) is 18.7 Å². The van der Waals surface area contributed by atoms with Gasteiger partial charge in [-0.2, -0.15) is 0 Å². The van der Waals surface area contributed by atoms with Crippen molar-refractivity contribution >= 4 is 11.7 Å². The summed E-state index contributed by atoms with van der Waals surface area (Å²) in [5.41, 5.74) is 5.72. The molecule has 0 saturated carbocycles. The average Bonchev–Trinajstić information content (AvgIpc) is 2.40. The summed E-state index contributed by atoms with van der Waals surface area (Å²) >= 11 is 0. The molecule has 1 aromatic rings. The predicted octanol–water partition coefficient (Wildman–Crippen LogP) is 0.146. The van der Waals surface area contributed by atoms with E-state index >= 15 is 0 Å². The summed E-state index contributed by atoms with van der Waals surface area (Å²) in [6.45, 7) is 2.64. The van der Waals surface area contributed by atoms with Gasteiger partial charge in [0.15, 0.2) is 5.84 Å². The van der Waals surface area contributed by atoms with Crippen molar-refractivity contribution in [1.82, 2.24) is 10.6 Å². The lowest BCUT2D eigenvalue weighted by atomic mass is 10.1. The number of halogens is 1. The Morgan fingerprint density at radius 3 is 2.89 bits per heavy atom. The van der Waals surface area contributed by atoms with Crippen molar-refractivity contribution in [2.24, 2.45) is 10.9 Å². The highest BCUT2D eigenvalue weighted by molar-refractivity contribution is 5.97. The van der Waals surface area contributed by atoms with Crippen LogP contribution in [0.4, 0.5) is 4.39 Å². The van der Waals surface area contributed by atoms with Crippen LogP contribution in [0.3, 0.4) is 0 Å². The molecule has 0 aliphatic rings. The molecule has 0 radical (unpaired) electrons. The van der Waals surface area contributed by atoms with Crippen LogP contribution < -0.4 is 16.4 Å². The molecular formula is C12H17FN4O2. The summed E-state index contributed by atoms with van der Waals surface area (Å²) < 4.78 is 14.0. The molecule has 0 unspecified atom stereocenters. The zero-order valence-electron chi connectivity index (χ0n) is 10.6. The number of nitrogens with one attached hydrogen (secondary N) is 2. The molecular weight excluding hydrogens is 251 g/mol. The van der Waals surface area contributed by atoms with Crippen LogP contribution in [-0.4, -0.2) is 30.0 Å². The van der Waals surface area contributed by atoms with E-state index in [2.05, 4.69) is 15.8 Å². The first-order valence-corrected chi connectivity index (χ1v) is 5.82. The number of rotatable bonds is 6. The Balaban J connectivity index is 2.67. The van der Waals surface area contributed by atoms with Gasteiger partial charge < -0.3 is 21.6 Å². The Bertz CT molecular complexity index is 477. The maximum absolute atomic E-state index is 14.0. The van der Waals surface area contributed by atoms with Gasteiger partial charge in [0.05, 0.1) is 12.1 Å². The van der Waals surface area contributed by atoms with Crippen LogP contribution in [0, 0.1) is 5.82 Å². The number of likely N-dealkylation sites (N-methyl/N-ethyl adjacent to an activating group) is 1. The molecule has 0 spiro atoms. The number of hydrogen-bond acceptors (Lipinski definition) is 4. The van der Waals surface area contributed by atoms with Crippen LogP contribution in [-0.2, 0) is 11.3 Å². The van der Waals surface area contributed by atoms with Crippen molar-refractivity contribution in [3.63, 3.8) is 0 Å². The lowest BCUT2D eigenvalue weighted by molar-refractivity contribution is -0.120. The topological polar surface area (TPSA) is 99.7 Å². The number of hydrogen-bond donors (Lipinski definition) is 4. The number of oxime groups is 1. The molecule has 0 aliphatic carbocycles. The highest BCUT2D eigenvalue weighted by Crippen LogP contribution is 2.12. The van der Waals surface area contributed by atoms with Crippen LogP contribution in [0.1, 0.15) is 18.1 Å². The van der Waals surface area contributed by atoms with Gasteiger partial charge in [-0.1, -0.05) is 17.3 Å². The van der Waals surface area contributed by atoms with Crippen LogP contribution in [0.15, 0.2) is 23.4 Å². The van der Waals surface area contributed by atoms with Crippen molar-refractivity contribution < 1.29 is 14.4 Å². The second-order valence-electron chi connectivity index (χ2n) is 3.82. The number of carbonyl (C=O) groups is 1. The number of carbonyl (C=O) groups excluding carboxylic acids is 1. The SMILES string of the molecule is CCNC(=O)CNCc1cccc(/C(N)=N/O)c1F. The van der Waals surface area contributed by atoms with Crippen LogP contribution in [0.5, 0.6) is 0 Å². The maximum atomic E-state index is 14.0. The van der Waals surface area contributed by atoms with Gasteiger partial charge >= 0.3 is 0 Å². The minimum atomic E-state index is -0.568. The smallest absolute Gasteiger partial charge is 0.233 e. The zero-order chi connectivity index (χ0) is 14.3. The van der Waals surface area contributed by atoms with E-state index in [9.17, 15) is 9.18 Å². The zero-order valence-corrected chi connectivity index (χ0v) is 10.6. The van der Waals surface area contributed by atoms with Crippen molar-refractivity contribution in [2.45, 2.75) is 13.5 Å². The van der Waals surface area contributed by atoms with Crippen molar-refractivity contribution in [1.29, 1.82) is 0 Å². The molecule has 7 heteroatoms. The molecule has 104 valence electrons. The molecule has 1 rings (SSSR count). The summed E-state index contributed by atoms with van der Waals surface area (Å²) in [5.74, 6) is -1.01. The highest BCUT2D eigenvalue weighted by atomic mass is 19.1. The fraction of sp³-hybridized carbons (Fsp3) is 0.333. The van der Waals surface area contributed by atoms with Gasteiger partial charge in [0.25, 0.3) is 0 Å². The summed E-state index contributed by atoms with van der Waals surface area (Å²) in [6, 6.07) is 4.57. The molecule has 19 heavy (non-hydrogen) atoms. The van der Waals surface area contributed by atoms with E-state index in [1.54, 1.807) is 12.1 Å². The van der Waals surface area contributed by atoms with E-state index < -0.39 is 5.82 Å². The van der Waals surface area contributed by atoms with Crippen molar-refractivity contribution in [3.8, 4) is 0 Å². The number of benzene rings is 1. The van der Waals surface area contributed by atoms with Gasteiger partial charge in [-0.15, -0.1) is 0 Å². The Hall–Kier alpha value is -2.15. The number of nitrogens with two attached hydrogens (primary N) is 1. The lowest BCUT2D eigenvalue weighted by Crippen LogP contribution is -2.33. The minimum Gasteiger partial charge on any atom is -0.409 e. The molecule has 0 heterocycles. The fourth-order valence-corrected chi connectivity index (χ4v) is 1.54. The Morgan fingerprint density at radius 1 is 1.53 bits per heavy atom. The third-order valence-electron chi connectivity index (χ3n) is 2.44. The normalized spacial score (nSPS) is 11.4. The quantitative estimate of drug-likeness (QED) is 0.255. The standard InChI is InChI=1S/C12H17FN4O2/c1-2-16-10(18)7-15-6-8-4-3-5-9(11(8)13)12(14)17-19/h3-5,15,19H,2,6-7H2,1H3,(H2,14,17)(H,16,18). The molecule has 0 atom stereocenters. The molecule has 6 nitrogen and oxygen atoms in total. The van der Waals surface area contributed by atoms with E-state index in [1.165, 1.54) is 6.07 Å². The first-order chi connectivity index (χ1) is 9.10.